The van der Waals surface area contributed by atoms with Gasteiger partial charge < -0.3 is 5.11 Å². The molecule has 0 bridgehead atoms. The summed E-state index contributed by atoms with van der Waals surface area (Å²) in [4.78, 5) is 0. The Bertz CT molecular complexity index is 59.7. The van der Waals surface area contributed by atoms with E-state index < -0.39 is 0 Å². The van der Waals surface area contributed by atoms with Gasteiger partial charge in [-0.25, -0.2) is 0 Å². The Kier molecular flexibility index (Phi) is 7.04. The number of unbranched alkanes of at least 4 members (excludes halogenated alkanes) is 4. The molecule has 10 heavy (non-hydrogen) atoms. The zero-order valence-corrected chi connectivity index (χ0v) is 7.14. The number of aliphatic hydroxyl groups is 1. The number of hydrogen-bond acceptors (Lipinski definition) is 1. The largest absolute Gasteiger partial charge is 0.393 e. The fourth-order valence-corrected chi connectivity index (χ4v) is 0.930. The van der Waals surface area contributed by atoms with E-state index in [4.69, 9.17) is 5.11 Å². The third kappa shape index (κ3) is 7.96. The van der Waals surface area contributed by atoms with Crippen LogP contribution in [0.1, 0.15) is 46.0 Å². The molecule has 61 valence electrons. The molecular weight excluding hydrogens is 124 g/mol. The first-order valence-corrected chi connectivity index (χ1v) is 4.28. The van der Waals surface area contributed by atoms with Crippen molar-refractivity contribution < 1.29 is 5.11 Å². The zero-order chi connectivity index (χ0) is 7.82. The summed E-state index contributed by atoms with van der Waals surface area (Å²) in [5.41, 5.74) is 0. The Labute approximate surface area is 64.5 Å². The third-order valence-electron chi connectivity index (χ3n) is 1.57. The van der Waals surface area contributed by atoms with Crippen molar-refractivity contribution in [2.45, 2.75) is 52.1 Å². The minimum atomic E-state index is -0.221. The van der Waals surface area contributed by atoms with Crippen molar-refractivity contribution in [3.05, 3.63) is 6.42 Å². The molecule has 1 heteroatoms. The molecule has 1 nitrogen and oxygen atoms in total. The standard InChI is InChI=1S/C9H19O/c1-3-4-5-6-7-8-9(2)10/h8-10H,3-7H2,1-2H3. The maximum Gasteiger partial charge on any atom is 0.0543 e. The smallest absolute Gasteiger partial charge is 0.0543 e. The normalized spacial score (nSPS) is 13.5. The van der Waals surface area contributed by atoms with Gasteiger partial charge in [0.05, 0.1) is 6.10 Å². The Hall–Kier alpha value is -0.0400. The Morgan fingerprint density at radius 1 is 1.30 bits per heavy atom. The zero-order valence-electron chi connectivity index (χ0n) is 7.14. The third-order valence-corrected chi connectivity index (χ3v) is 1.57. The van der Waals surface area contributed by atoms with Gasteiger partial charge in [-0.05, 0) is 19.8 Å². The van der Waals surface area contributed by atoms with Crippen LogP contribution in [0.5, 0.6) is 0 Å². The Balaban J connectivity index is 2.77. The molecule has 0 aliphatic carbocycles. The first-order valence-electron chi connectivity index (χ1n) is 4.28. The van der Waals surface area contributed by atoms with Gasteiger partial charge in [0, 0.05) is 0 Å². The first-order chi connectivity index (χ1) is 4.77. The summed E-state index contributed by atoms with van der Waals surface area (Å²) in [5.74, 6) is 0. The van der Waals surface area contributed by atoms with E-state index in [0.717, 1.165) is 6.42 Å². The van der Waals surface area contributed by atoms with Crippen molar-refractivity contribution in [3.8, 4) is 0 Å². The lowest BCUT2D eigenvalue weighted by Crippen LogP contribution is -1.99. The second-order valence-electron chi connectivity index (χ2n) is 2.83. The first kappa shape index (κ1) is 9.96. The van der Waals surface area contributed by atoms with E-state index in [1.54, 1.807) is 6.92 Å². The van der Waals surface area contributed by atoms with Crippen molar-refractivity contribution >= 4 is 0 Å². The van der Waals surface area contributed by atoms with E-state index in [2.05, 4.69) is 6.92 Å². The summed E-state index contributed by atoms with van der Waals surface area (Å²) in [5, 5.41) is 8.85. The van der Waals surface area contributed by atoms with Gasteiger partial charge in [-0.1, -0.05) is 32.6 Å². The van der Waals surface area contributed by atoms with Gasteiger partial charge in [0.15, 0.2) is 0 Å². The van der Waals surface area contributed by atoms with Crippen molar-refractivity contribution in [3.63, 3.8) is 0 Å². The molecule has 0 saturated carbocycles. The molecule has 0 rings (SSSR count). The summed E-state index contributed by atoms with van der Waals surface area (Å²) in [6.45, 7) is 4.01. The van der Waals surface area contributed by atoms with Crippen LogP contribution in [0.15, 0.2) is 0 Å². The van der Waals surface area contributed by atoms with E-state index in [9.17, 15) is 0 Å². The maximum atomic E-state index is 8.85. The number of aliphatic hydroxyl groups excluding tert-OH is 1. The van der Waals surface area contributed by atoms with E-state index >= 15 is 0 Å². The highest BCUT2D eigenvalue weighted by atomic mass is 16.3. The average Bonchev–Trinajstić information content (AvgIpc) is 1.87. The van der Waals surface area contributed by atoms with Crippen molar-refractivity contribution in [1.82, 2.24) is 0 Å². The highest BCUT2D eigenvalue weighted by Crippen LogP contribution is 2.05. The topological polar surface area (TPSA) is 20.2 Å². The van der Waals surface area contributed by atoms with Gasteiger partial charge in [0.25, 0.3) is 0 Å². The molecule has 0 amide bonds. The molecule has 1 N–H and O–H groups in total. The van der Waals surface area contributed by atoms with Crippen molar-refractivity contribution in [1.29, 1.82) is 0 Å². The fourth-order valence-electron chi connectivity index (χ4n) is 0.930. The number of hydrogen-bond donors (Lipinski definition) is 1. The van der Waals surface area contributed by atoms with Crippen LogP contribution >= 0.6 is 0 Å². The molecule has 1 atom stereocenters. The molecule has 1 unspecified atom stereocenters. The lowest BCUT2D eigenvalue weighted by Gasteiger charge is -2.01. The van der Waals surface area contributed by atoms with Crippen LogP contribution in [0.2, 0.25) is 0 Å². The summed E-state index contributed by atoms with van der Waals surface area (Å²) in [6.07, 6.45) is 7.97. The molecule has 0 fully saturated rings. The second-order valence-corrected chi connectivity index (χ2v) is 2.83. The number of rotatable bonds is 6. The summed E-state index contributed by atoms with van der Waals surface area (Å²) >= 11 is 0. The van der Waals surface area contributed by atoms with Crippen molar-refractivity contribution in [2.24, 2.45) is 0 Å². The van der Waals surface area contributed by atoms with Crippen LogP contribution in [0, 0.1) is 6.42 Å². The molecule has 0 aliphatic heterocycles. The lowest BCUT2D eigenvalue weighted by atomic mass is 10.1. The molecule has 0 aromatic carbocycles. The second kappa shape index (κ2) is 7.07. The highest BCUT2D eigenvalue weighted by molar-refractivity contribution is 4.70. The highest BCUT2D eigenvalue weighted by Gasteiger charge is 1.94. The SMILES string of the molecule is CCCCCC[CH]C(C)O. The monoisotopic (exact) mass is 143 g/mol. The van der Waals surface area contributed by atoms with E-state index in [0.29, 0.717) is 0 Å². The van der Waals surface area contributed by atoms with Gasteiger partial charge in [0.1, 0.15) is 0 Å². The van der Waals surface area contributed by atoms with Gasteiger partial charge in [-0.15, -0.1) is 0 Å². The molecular formula is C9H19O. The van der Waals surface area contributed by atoms with Gasteiger partial charge in [-0.3, -0.25) is 0 Å². The fraction of sp³-hybridized carbons (Fsp3) is 0.889. The summed E-state index contributed by atoms with van der Waals surface area (Å²) in [7, 11) is 0. The van der Waals surface area contributed by atoms with Crippen LogP contribution in [0.25, 0.3) is 0 Å². The van der Waals surface area contributed by atoms with Gasteiger partial charge >= 0.3 is 0 Å². The summed E-state index contributed by atoms with van der Waals surface area (Å²) < 4.78 is 0. The predicted molar refractivity (Wildman–Crippen MR) is 44.7 cm³/mol. The van der Waals surface area contributed by atoms with Gasteiger partial charge in [-0.2, -0.15) is 0 Å². The van der Waals surface area contributed by atoms with Crippen LogP contribution in [0.4, 0.5) is 0 Å². The molecule has 0 aliphatic rings. The molecule has 0 spiro atoms. The Morgan fingerprint density at radius 3 is 2.50 bits per heavy atom. The van der Waals surface area contributed by atoms with Crippen LogP contribution < -0.4 is 0 Å². The van der Waals surface area contributed by atoms with Gasteiger partial charge in [0.2, 0.25) is 0 Å². The van der Waals surface area contributed by atoms with E-state index in [1.165, 1.54) is 25.7 Å². The summed E-state index contributed by atoms with van der Waals surface area (Å²) in [6, 6.07) is 0. The molecule has 0 heterocycles. The lowest BCUT2D eigenvalue weighted by molar-refractivity contribution is 0.222. The average molecular weight is 143 g/mol. The minimum Gasteiger partial charge on any atom is -0.393 e. The Morgan fingerprint density at radius 2 is 2.00 bits per heavy atom. The minimum absolute atomic E-state index is 0.221. The van der Waals surface area contributed by atoms with E-state index in [-0.39, 0.29) is 6.10 Å². The molecule has 1 radical (unpaired) electrons. The quantitative estimate of drug-likeness (QED) is 0.566. The molecule has 0 saturated heterocycles. The predicted octanol–water partition coefficient (Wildman–Crippen LogP) is 2.54. The van der Waals surface area contributed by atoms with Crippen LogP contribution in [-0.4, -0.2) is 11.2 Å². The molecule has 0 aromatic heterocycles. The molecule has 0 aromatic rings. The van der Waals surface area contributed by atoms with E-state index in [1.807, 2.05) is 6.42 Å². The maximum absolute atomic E-state index is 8.85. The van der Waals surface area contributed by atoms with Crippen LogP contribution in [0.3, 0.4) is 0 Å². The van der Waals surface area contributed by atoms with Crippen molar-refractivity contribution in [2.75, 3.05) is 0 Å². The van der Waals surface area contributed by atoms with Crippen LogP contribution in [-0.2, 0) is 0 Å².